The van der Waals surface area contributed by atoms with Crippen molar-refractivity contribution < 1.29 is 17.9 Å². The van der Waals surface area contributed by atoms with Gasteiger partial charge in [0.15, 0.2) is 14.6 Å². The summed E-state index contributed by atoms with van der Waals surface area (Å²) >= 11 is 0. The highest BCUT2D eigenvalue weighted by atomic mass is 32.2. The lowest BCUT2D eigenvalue weighted by Crippen LogP contribution is -2.42. The Kier molecular flexibility index (Phi) is 4.76. The Morgan fingerprint density at radius 3 is 1.88 bits per heavy atom. The van der Waals surface area contributed by atoms with Gasteiger partial charge < -0.3 is 4.74 Å². The molecule has 0 aliphatic heterocycles. The summed E-state index contributed by atoms with van der Waals surface area (Å²) in [6.45, 7) is 2.63. The molecule has 124 valence electrons. The first-order valence-corrected chi connectivity index (χ1v) is 9.07. The summed E-state index contributed by atoms with van der Waals surface area (Å²) < 4.78 is 26.9. The molecular weight excluding hydrogens is 326 g/mol. The maximum atomic E-state index is 12.1. The number of rotatable bonds is 4. The van der Waals surface area contributed by atoms with Crippen molar-refractivity contribution >= 4 is 15.8 Å². The second-order valence-corrected chi connectivity index (χ2v) is 8.45. The number of esters is 1. The molecule has 0 amide bonds. The molecule has 6 heteroatoms. The molecule has 24 heavy (non-hydrogen) atoms. The van der Waals surface area contributed by atoms with E-state index in [0.29, 0.717) is 5.56 Å². The fourth-order valence-electron chi connectivity index (χ4n) is 1.83. The Morgan fingerprint density at radius 2 is 1.46 bits per heavy atom. The number of nitrogens with zero attached hydrogens (tertiary/aromatic N) is 1. The highest BCUT2D eigenvalue weighted by Crippen LogP contribution is 2.24. The van der Waals surface area contributed by atoms with Crippen molar-refractivity contribution in [1.82, 2.24) is 0 Å². The van der Waals surface area contributed by atoms with Crippen LogP contribution in [0.4, 0.5) is 0 Å². The van der Waals surface area contributed by atoms with Gasteiger partial charge in [-0.05, 0) is 49.2 Å². The molecule has 2 aromatic carbocycles. The van der Waals surface area contributed by atoms with Crippen LogP contribution in [0.2, 0.25) is 0 Å². The van der Waals surface area contributed by atoms with E-state index in [0.717, 1.165) is 17.4 Å². The zero-order chi connectivity index (χ0) is 18.0. The largest absolute Gasteiger partial charge is 0.425 e. The minimum Gasteiger partial charge on any atom is -0.425 e. The Morgan fingerprint density at radius 1 is 1.00 bits per heavy atom. The first-order valence-electron chi connectivity index (χ1n) is 7.17. The van der Waals surface area contributed by atoms with Gasteiger partial charge in [0.2, 0.25) is 0 Å². The lowest BCUT2D eigenvalue weighted by molar-refractivity contribution is -0.136. The van der Waals surface area contributed by atoms with E-state index in [2.05, 4.69) is 6.07 Å². The zero-order valence-electron chi connectivity index (χ0n) is 13.6. The molecule has 0 atom stereocenters. The number of nitriles is 1. The smallest absolute Gasteiger partial charge is 0.332 e. The SMILES string of the molecule is CC(C)(C(=O)Oc1ccc(-c2ccc(C#N)cc2)cc1)S(C)(=O)=O. The second-order valence-electron chi connectivity index (χ2n) is 5.89. The van der Waals surface area contributed by atoms with E-state index in [1.54, 1.807) is 36.4 Å². The Labute approximate surface area is 141 Å². The number of carbonyl (C=O) groups excluding carboxylic acids is 1. The van der Waals surface area contributed by atoms with E-state index in [4.69, 9.17) is 10.00 Å². The standard InChI is InChI=1S/C18H17NO4S/c1-18(2,24(3,21)22)17(20)23-16-10-8-15(9-11-16)14-6-4-13(12-19)5-7-14/h4-11H,1-3H3. The molecule has 0 radical (unpaired) electrons. The van der Waals surface area contributed by atoms with E-state index in [1.807, 2.05) is 12.1 Å². The number of benzene rings is 2. The van der Waals surface area contributed by atoms with Crippen LogP contribution in [0.15, 0.2) is 48.5 Å². The van der Waals surface area contributed by atoms with Crippen molar-refractivity contribution in [3.05, 3.63) is 54.1 Å². The van der Waals surface area contributed by atoms with Crippen molar-refractivity contribution in [2.75, 3.05) is 6.26 Å². The van der Waals surface area contributed by atoms with Gasteiger partial charge in [0.1, 0.15) is 5.75 Å². The first kappa shape index (κ1) is 17.7. The van der Waals surface area contributed by atoms with E-state index in [-0.39, 0.29) is 5.75 Å². The zero-order valence-corrected chi connectivity index (χ0v) is 14.4. The quantitative estimate of drug-likeness (QED) is 0.629. The molecule has 5 nitrogen and oxygen atoms in total. The summed E-state index contributed by atoms with van der Waals surface area (Å²) in [5, 5.41) is 8.80. The van der Waals surface area contributed by atoms with E-state index in [9.17, 15) is 13.2 Å². The molecule has 0 N–H and O–H groups in total. The molecule has 0 heterocycles. The van der Waals surface area contributed by atoms with Crippen molar-refractivity contribution in [2.45, 2.75) is 18.6 Å². The molecule has 0 unspecified atom stereocenters. The molecule has 0 spiro atoms. The average molecular weight is 343 g/mol. The third-order valence-corrected chi connectivity index (χ3v) is 5.85. The molecule has 0 aromatic heterocycles. The van der Waals surface area contributed by atoms with Crippen LogP contribution in [0.5, 0.6) is 5.75 Å². The Balaban J connectivity index is 2.18. The van der Waals surface area contributed by atoms with Crippen molar-refractivity contribution in [3.63, 3.8) is 0 Å². The lowest BCUT2D eigenvalue weighted by atomic mass is 10.0. The predicted octanol–water partition coefficient (Wildman–Crippen LogP) is 2.95. The Hall–Kier alpha value is -2.65. The molecule has 2 aromatic rings. The van der Waals surface area contributed by atoms with Gasteiger partial charge in [-0.3, -0.25) is 0 Å². The van der Waals surface area contributed by atoms with Crippen LogP contribution < -0.4 is 4.74 Å². The van der Waals surface area contributed by atoms with Gasteiger partial charge in [-0.2, -0.15) is 5.26 Å². The van der Waals surface area contributed by atoms with Gasteiger partial charge in [-0.1, -0.05) is 24.3 Å². The molecule has 2 rings (SSSR count). The molecule has 0 saturated carbocycles. The molecule has 0 fully saturated rings. The molecular formula is C18H17NO4S. The van der Waals surface area contributed by atoms with Gasteiger partial charge in [0.25, 0.3) is 0 Å². The van der Waals surface area contributed by atoms with E-state index >= 15 is 0 Å². The van der Waals surface area contributed by atoms with E-state index < -0.39 is 20.6 Å². The third-order valence-electron chi connectivity index (χ3n) is 3.83. The summed E-state index contributed by atoms with van der Waals surface area (Å²) in [4.78, 5) is 12.1. The summed E-state index contributed by atoms with van der Waals surface area (Å²) in [6, 6.07) is 15.9. The summed E-state index contributed by atoms with van der Waals surface area (Å²) in [5.41, 5.74) is 2.39. The fraction of sp³-hybridized carbons (Fsp3) is 0.222. The molecule has 0 aliphatic rings. The first-order chi connectivity index (χ1) is 11.1. The average Bonchev–Trinajstić information content (AvgIpc) is 2.54. The summed E-state index contributed by atoms with van der Waals surface area (Å²) in [5.74, 6) is -0.551. The van der Waals surface area contributed by atoms with Crippen LogP contribution in [0.3, 0.4) is 0 Å². The van der Waals surface area contributed by atoms with Crippen LogP contribution in [-0.4, -0.2) is 25.4 Å². The second kappa shape index (κ2) is 6.46. The van der Waals surface area contributed by atoms with Crippen LogP contribution >= 0.6 is 0 Å². The molecule has 0 bridgehead atoms. The van der Waals surface area contributed by atoms with Gasteiger partial charge in [0, 0.05) is 6.26 Å². The minimum absolute atomic E-state index is 0.272. The number of hydrogen-bond donors (Lipinski definition) is 0. The lowest BCUT2D eigenvalue weighted by Gasteiger charge is -2.20. The summed E-state index contributed by atoms with van der Waals surface area (Å²) in [6.07, 6.45) is 1.00. The van der Waals surface area contributed by atoms with Crippen LogP contribution in [0.25, 0.3) is 11.1 Å². The number of carbonyl (C=O) groups is 1. The molecule has 0 saturated heterocycles. The maximum absolute atomic E-state index is 12.1. The van der Waals surface area contributed by atoms with Gasteiger partial charge in [-0.15, -0.1) is 0 Å². The number of ether oxygens (including phenoxy) is 1. The van der Waals surface area contributed by atoms with Crippen molar-refractivity contribution in [1.29, 1.82) is 5.26 Å². The minimum atomic E-state index is -3.58. The fourth-order valence-corrected chi connectivity index (χ4v) is 2.18. The van der Waals surface area contributed by atoms with Crippen molar-refractivity contribution in [3.8, 4) is 22.9 Å². The summed E-state index contributed by atoms with van der Waals surface area (Å²) in [7, 11) is -3.58. The van der Waals surface area contributed by atoms with Crippen LogP contribution in [0, 0.1) is 11.3 Å². The van der Waals surface area contributed by atoms with E-state index in [1.165, 1.54) is 13.8 Å². The topological polar surface area (TPSA) is 84.2 Å². The highest BCUT2D eigenvalue weighted by Gasteiger charge is 2.40. The van der Waals surface area contributed by atoms with Crippen LogP contribution in [0.1, 0.15) is 19.4 Å². The van der Waals surface area contributed by atoms with Gasteiger partial charge in [0.05, 0.1) is 11.6 Å². The normalized spacial score (nSPS) is 11.6. The van der Waals surface area contributed by atoms with Crippen LogP contribution in [-0.2, 0) is 14.6 Å². The monoisotopic (exact) mass is 343 g/mol. The van der Waals surface area contributed by atoms with Crippen molar-refractivity contribution in [2.24, 2.45) is 0 Å². The predicted molar refractivity (Wildman–Crippen MR) is 91.2 cm³/mol. The van der Waals surface area contributed by atoms with Gasteiger partial charge >= 0.3 is 5.97 Å². The maximum Gasteiger partial charge on any atom is 0.332 e. The Bertz CT molecular complexity index is 890. The third kappa shape index (κ3) is 3.63. The molecule has 0 aliphatic carbocycles. The number of hydrogen-bond acceptors (Lipinski definition) is 5. The van der Waals surface area contributed by atoms with Gasteiger partial charge in [-0.25, -0.2) is 13.2 Å². The number of sulfone groups is 1. The highest BCUT2D eigenvalue weighted by molar-refractivity contribution is 7.92.